The number of benzene rings is 2. The number of thiophene rings is 1. The van der Waals surface area contributed by atoms with Gasteiger partial charge in [-0.3, -0.25) is 19.2 Å². The Bertz CT molecular complexity index is 2120. The summed E-state index contributed by atoms with van der Waals surface area (Å²) in [5, 5.41) is 21.9. The first-order chi connectivity index (χ1) is 22.0. The van der Waals surface area contributed by atoms with Crippen LogP contribution in [0.25, 0.3) is 32.2 Å². The van der Waals surface area contributed by atoms with E-state index in [0.717, 1.165) is 31.7 Å². The second kappa shape index (κ2) is 12.8. The third kappa shape index (κ3) is 5.94. The number of carboxylic acid groups (broad SMARTS) is 1. The molecule has 1 fully saturated rings. The van der Waals surface area contributed by atoms with Crippen LogP contribution in [0.4, 0.5) is 4.39 Å². The number of hydrogen-bond acceptors (Lipinski definition) is 9. The minimum absolute atomic E-state index is 0.00911. The summed E-state index contributed by atoms with van der Waals surface area (Å²) in [4.78, 5) is 38.9. The van der Waals surface area contributed by atoms with E-state index in [9.17, 15) is 20.0 Å². The first-order valence-electron chi connectivity index (χ1n) is 14.6. The minimum Gasteiger partial charge on any atom is -0.491 e. The number of nitrogens with zero attached hydrogens (tertiary/aromatic N) is 6. The van der Waals surface area contributed by atoms with Gasteiger partial charge in [0.1, 0.15) is 30.1 Å². The van der Waals surface area contributed by atoms with Crippen molar-refractivity contribution < 1.29 is 19.0 Å². The monoisotopic (exact) mass is 660 g/mol. The number of piperazine rings is 1. The Balaban J connectivity index is 1.32. The van der Waals surface area contributed by atoms with E-state index in [1.54, 1.807) is 37.4 Å². The summed E-state index contributed by atoms with van der Waals surface area (Å²) >= 11 is 7.66. The molecule has 0 saturated carbocycles. The Morgan fingerprint density at radius 1 is 1.15 bits per heavy atom. The molecule has 0 radical (unpaired) electrons. The van der Waals surface area contributed by atoms with Gasteiger partial charge in [-0.2, -0.15) is 5.26 Å². The smallest absolute Gasteiger partial charge is 0.338 e. The zero-order valence-corrected chi connectivity index (χ0v) is 27.0. The minimum atomic E-state index is -1.06. The lowest BCUT2D eigenvalue weighted by molar-refractivity contribution is 0.0699. The van der Waals surface area contributed by atoms with Crippen LogP contribution in [0.3, 0.4) is 0 Å². The molecule has 46 heavy (non-hydrogen) atoms. The molecule has 13 heteroatoms. The van der Waals surface area contributed by atoms with E-state index in [4.69, 9.17) is 16.3 Å². The highest BCUT2D eigenvalue weighted by Gasteiger charge is 2.23. The van der Waals surface area contributed by atoms with Crippen molar-refractivity contribution in [1.29, 1.82) is 5.26 Å². The number of aromatic nitrogens is 3. The number of carbonyl (C=O) groups is 1. The molecular weight excluding hydrogens is 631 g/mol. The van der Waals surface area contributed by atoms with Crippen LogP contribution in [-0.2, 0) is 13.1 Å². The fraction of sp³-hybridized carbons (Fsp3) is 0.303. The second-order valence-corrected chi connectivity index (χ2v) is 12.7. The molecule has 1 aliphatic rings. The van der Waals surface area contributed by atoms with Gasteiger partial charge in [0.2, 0.25) is 0 Å². The topological polar surface area (TPSA) is 125 Å². The molecule has 0 amide bonds. The molecule has 0 bridgehead atoms. The van der Waals surface area contributed by atoms with Gasteiger partial charge in [0.15, 0.2) is 0 Å². The Morgan fingerprint density at radius 2 is 1.91 bits per heavy atom. The number of fused-ring (bicyclic) bond motifs is 2. The lowest BCUT2D eigenvalue weighted by Crippen LogP contribution is -2.44. The van der Waals surface area contributed by atoms with Gasteiger partial charge in [-0.1, -0.05) is 11.6 Å². The molecule has 1 aliphatic heterocycles. The molecule has 0 atom stereocenters. The Morgan fingerprint density at radius 3 is 2.63 bits per heavy atom. The molecule has 3 aromatic heterocycles. The predicted octanol–water partition coefficient (Wildman–Crippen LogP) is 5.48. The van der Waals surface area contributed by atoms with Crippen molar-refractivity contribution >= 4 is 50.0 Å². The molecule has 10 nitrogen and oxygen atoms in total. The Labute approximate surface area is 272 Å². The van der Waals surface area contributed by atoms with Gasteiger partial charge in [0.05, 0.1) is 38.8 Å². The standard InChI is InChI=1S/C33H30ClFN6O4S/c1-18-12-22(31-30(37-18)25(17-46-31)33(43)44)21-13-20(34)4-5-28(21)45-11-10-41-19(2)38-27-14-26(35)24(23(15-36)29(27)32(41)42)16-40-8-6-39(3)7-9-40/h4-5,12-14,17H,6-11,16H2,1-3H3,(H,43,44). The molecule has 4 heterocycles. The van der Waals surface area contributed by atoms with Crippen molar-refractivity contribution in [1.82, 2.24) is 24.3 Å². The summed E-state index contributed by atoms with van der Waals surface area (Å²) in [6.07, 6.45) is 0. The summed E-state index contributed by atoms with van der Waals surface area (Å²) in [7, 11) is 2.03. The van der Waals surface area contributed by atoms with Crippen molar-refractivity contribution in [2.45, 2.75) is 26.9 Å². The van der Waals surface area contributed by atoms with E-state index < -0.39 is 17.3 Å². The lowest BCUT2D eigenvalue weighted by atomic mass is 10.0. The van der Waals surface area contributed by atoms with Gasteiger partial charge in [-0.15, -0.1) is 11.3 Å². The number of aromatic carboxylic acids is 1. The summed E-state index contributed by atoms with van der Waals surface area (Å²) in [6.45, 7) is 6.99. The van der Waals surface area contributed by atoms with E-state index in [1.165, 1.54) is 22.0 Å². The maximum Gasteiger partial charge on any atom is 0.338 e. The van der Waals surface area contributed by atoms with Crippen LogP contribution in [0.15, 0.2) is 40.5 Å². The van der Waals surface area contributed by atoms with Crippen molar-refractivity contribution in [2.24, 2.45) is 0 Å². The maximum absolute atomic E-state index is 15.3. The Hall–Kier alpha value is -4.41. The lowest BCUT2D eigenvalue weighted by Gasteiger charge is -2.32. The van der Waals surface area contributed by atoms with Gasteiger partial charge in [-0.25, -0.2) is 14.2 Å². The highest BCUT2D eigenvalue weighted by molar-refractivity contribution is 7.18. The number of aryl methyl sites for hydroxylation is 2. The van der Waals surface area contributed by atoms with Gasteiger partial charge < -0.3 is 14.7 Å². The number of hydrogen-bond donors (Lipinski definition) is 1. The van der Waals surface area contributed by atoms with Crippen LogP contribution >= 0.6 is 22.9 Å². The van der Waals surface area contributed by atoms with Gasteiger partial charge in [0.25, 0.3) is 5.56 Å². The molecule has 2 aromatic carbocycles. The molecule has 0 spiro atoms. The third-order valence-electron chi connectivity index (χ3n) is 8.27. The molecule has 1 N–H and O–H groups in total. The highest BCUT2D eigenvalue weighted by atomic mass is 35.5. The predicted molar refractivity (Wildman–Crippen MR) is 175 cm³/mol. The van der Waals surface area contributed by atoms with E-state index in [0.29, 0.717) is 38.1 Å². The summed E-state index contributed by atoms with van der Waals surface area (Å²) in [6, 6.07) is 10.3. The fourth-order valence-electron chi connectivity index (χ4n) is 5.84. The first-order valence-corrected chi connectivity index (χ1v) is 15.9. The van der Waals surface area contributed by atoms with Gasteiger partial charge >= 0.3 is 5.97 Å². The molecule has 236 valence electrons. The quantitative estimate of drug-likeness (QED) is 0.230. The summed E-state index contributed by atoms with van der Waals surface area (Å²) in [5.74, 6) is -0.766. The zero-order chi connectivity index (χ0) is 32.7. The van der Waals surface area contributed by atoms with E-state index in [2.05, 4.69) is 25.8 Å². The number of carboxylic acids is 1. The van der Waals surface area contributed by atoms with Gasteiger partial charge in [0, 0.05) is 71.6 Å². The SMILES string of the molecule is Cc1cc(-c2cc(Cl)ccc2OCCn2c(C)nc3cc(F)c(CN4CCN(C)CC4)c(C#N)c3c2=O)c2scc(C(=O)O)c2n1. The molecule has 1 saturated heterocycles. The van der Waals surface area contributed by atoms with Crippen molar-refractivity contribution in [3.63, 3.8) is 0 Å². The number of halogens is 2. The number of ether oxygens (including phenoxy) is 1. The molecule has 5 aromatic rings. The van der Waals surface area contributed by atoms with E-state index in [1.807, 2.05) is 13.1 Å². The van der Waals surface area contributed by atoms with Crippen LogP contribution in [0.5, 0.6) is 5.75 Å². The number of rotatable bonds is 8. The highest BCUT2D eigenvalue weighted by Crippen LogP contribution is 2.40. The zero-order valence-electron chi connectivity index (χ0n) is 25.4. The summed E-state index contributed by atoms with van der Waals surface area (Å²) in [5.41, 5.74) is 2.44. The van der Waals surface area contributed by atoms with Crippen LogP contribution in [0.1, 0.15) is 33.0 Å². The first kappa shape index (κ1) is 31.6. The van der Waals surface area contributed by atoms with Crippen LogP contribution < -0.4 is 10.3 Å². The Kier molecular flexibility index (Phi) is 8.76. The van der Waals surface area contributed by atoms with Crippen LogP contribution in [0.2, 0.25) is 5.02 Å². The second-order valence-electron chi connectivity index (χ2n) is 11.3. The number of likely N-dealkylation sites (N-methyl/N-ethyl adjacent to an activating group) is 1. The normalized spacial score (nSPS) is 14.2. The fourth-order valence-corrected chi connectivity index (χ4v) is 7.03. The van der Waals surface area contributed by atoms with E-state index >= 15 is 4.39 Å². The largest absolute Gasteiger partial charge is 0.491 e. The number of pyridine rings is 1. The van der Waals surface area contributed by atoms with Crippen LogP contribution in [-0.4, -0.2) is 75.2 Å². The van der Waals surface area contributed by atoms with Crippen molar-refractivity contribution in [3.8, 4) is 22.9 Å². The van der Waals surface area contributed by atoms with Crippen molar-refractivity contribution in [2.75, 3.05) is 39.8 Å². The average molecular weight is 661 g/mol. The summed E-state index contributed by atoms with van der Waals surface area (Å²) < 4.78 is 23.7. The van der Waals surface area contributed by atoms with Crippen LogP contribution in [0, 0.1) is 31.0 Å². The molecule has 6 rings (SSSR count). The third-order valence-corrected chi connectivity index (χ3v) is 9.50. The molecule has 0 unspecified atom stereocenters. The maximum atomic E-state index is 15.3. The number of nitriles is 1. The molecule has 0 aliphatic carbocycles. The van der Waals surface area contributed by atoms with Crippen molar-refractivity contribution in [3.05, 3.63) is 85.1 Å². The van der Waals surface area contributed by atoms with E-state index in [-0.39, 0.29) is 47.3 Å². The average Bonchev–Trinajstić information content (AvgIpc) is 3.45. The molecular formula is C33H30ClFN6O4S. The van der Waals surface area contributed by atoms with Gasteiger partial charge in [-0.05, 0) is 45.2 Å².